The number of hydrogen-bond donors (Lipinski definition) is 1. The van der Waals surface area contributed by atoms with Crippen LogP contribution in [0.25, 0.3) is 0 Å². The summed E-state index contributed by atoms with van der Waals surface area (Å²) in [7, 11) is 0. The highest BCUT2D eigenvalue weighted by Crippen LogP contribution is 2.47. The third-order valence-electron chi connectivity index (χ3n) is 4.99. The minimum Gasteiger partial charge on any atom is -0.464 e. The van der Waals surface area contributed by atoms with E-state index in [0.29, 0.717) is 17.9 Å². The van der Waals surface area contributed by atoms with Gasteiger partial charge in [-0.25, -0.2) is 0 Å². The first kappa shape index (κ1) is 13.2. The number of rotatable bonds is 4. The maximum Gasteiger partial charge on any atom is 0.118 e. The van der Waals surface area contributed by atoms with Crippen LogP contribution in [0.4, 0.5) is 0 Å². The Hall–Kier alpha value is -0.800. The number of nitrogens with zero attached hydrogens (tertiary/aromatic N) is 1. The molecule has 3 nitrogen and oxygen atoms in total. The van der Waals surface area contributed by atoms with Crippen LogP contribution in [0, 0.1) is 11.8 Å². The molecule has 4 unspecified atom stereocenters. The fourth-order valence-corrected chi connectivity index (χ4v) is 3.51. The van der Waals surface area contributed by atoms with Gasteiger partial charge in [-0.1, -0.05) is 13.8 Å². The van der Waals surface area contributed by atoms with Gasteiger partial charge in [0.25, 0.3) is 0 Å². The summed E-state index contributed by atoms with van der Waals surface area (Å²) in [5.74, 6) is 4.50. The summed E-state index contributed by atoms with van der Waals surface area (Å²) in [6.45, 7) is 7.45. The Morgan fingerprint density at radius 3 is 2.79 bits per heavy atom. The molecule has 0 spiro atoms. The second-order valence-corrected chi connectivity index (χ2v) is 6.52. The first-order valence-electron chi connectivity index (χ1n) is 7.71. The Labute approximate surface area is 116 Å². The molecular weight excluding hydrogens is 236 g/mol. The van der Waals surface area contributed by atoms with E-state index in [1.54, 1.807) is 0 Å². The van der Waals surface area contributed by atoms with E-state index in [2.05, 4.69) is 30.9 Å². The molecule has 1 saturated heterocycles. The molecule has 0 aromatic carbocycles. The van der Waals surface area contributed by atoms with Crippen molar-refractivity contribution >= 4 is 0 Å². The lowest BCUT2D eigenvalue weighted by Crippen LogP contribution is -2.47. The van der Waals surface area contributed by atoms with Crippen LogP contribution >= 0.6 is 0 Å². The maximum atomic E-state index is 6.03. The zero-order valence-corrected chi connectivity index (χ0v) is 12.1. The fourth-order valence-electron chi connectivity index (χ4n) is 3.51. The maximum absolute atomic E-state index is 6.03. The summed E-state index contributed by atoms with van der Waals surface area (Å²) < 4.78 is 6.03. The molecule has 1 aliphatic heterocycles. The Morgan fingerprint density at radius 2 is 2.11 bits per heavy atom. The lowest BCUT2D eigenvalue weighted by atomic mass is 9.91. The molecule has 3 heteroatoms. The molecule has 3 rings (SSSR count). The molecule has 1 aromatic rings. The molecule has 19 heavy (non-hydrogen) atoms. The van der Waals surface area contributed by atoms with E-state index in [1.807, 2.05) is 0 Å². The van der Waals surface area contributed by atoms with E-state index in [4.69, 9.17) is 10.2 Å². The average Bonchev–Trinajstić information content (AvgIpc) is 2.94. The van der Waals surface area contributed by atoms with Gasteiger partial charge in [-0.3, -0.25) is 4.90 Å². The average molecular weight is 262 g/mol. The lowest BCUT2D eigenvalue weighted by Gasteiger charge is -2.38. The normalized spacial score (nSPS) is 35.5. The number of furan rings is 1. The molecule has 2 heterocycles. The van der Waals surface area contributed by atoms with Crippen LogP contribution in [-0.4, -0.2) is 24.0 Å². The van der Waals surface area contributed by atoms with Gasteiger partial charge in [0, 0.05) is 18.5 Å². The largest absolute Gasteiger partial charge is 0.464 e. The van der Waals surface area contributed by atoms with E-state index in [1.165, 1.54) is 25.0 Å². The van der Waals surface area contributed by atoms with Crippen LogP contribution in [-0.2, 0) is 6.54 Å². The van der Waals surface area contributed by atoms with E-state index in [-0.39, 0.29) is 0 Å². The van der Waals surface area contributed by atoms with Gasteiger partial charge in [0.1, 0.15) is 11.5 Å². The molecule has 0 bridgehead atoms. The van der Waals surface area contributed by atoms with Crippen LogP contribution in [0.1, 0.15) is 50.5 Å². The first-order valence-corrected chi connectivity index (χ1v) is 7.71. The summed E-state index contributed by atoms with van der Waals surface area (Å²) >= 11 is 0. The Balaban J connectivity index is 1.64. The van der Waals surface area contributed by atoms with Crippen molar-refractivity contribution in [3.63, 3.8) is 0 Å². The summed E-state index contributed by atoms with van der Waals surface area (Å²) in [5.41, 5.74) is 5.95. The van der Waals surface area contributed by atoms with Gasteiger partial charge < -0.3 is 10.2 Å². The predicted molar refractivity (Wildman–Crippen MR) is 76.9 cm³/mol. The molecular formula is C16H26N2O. The lowest BCUT2D eigenvalue weighted by molar-refractivity contribution is 0.0913. The third kappa shape index (κ3) is 2.72. The fraction of sp³-hybridized carbons (Fsp3) is 0.750. The molecule has 0 amide bonds. The van der Waals surface area contributed by atoms with Crippen molar-refractivity contribution in [2.45, 2.75) is 51.6 Å². The van der Waals surface area contributed by atoms with Crippen molar-refractivity contribution in [1.82, 2.24) is 4.90 Å². The van der Waals surface area contributed by atoms with E-state index >= 15 is 0 Å². The van der Waals surface area contributed by atoms with Gasteiger partial charge in [-0.05, 0) is 49.8 Å². The van der Waals surface area contributed by atoms with Crippen LogP contribution in [0.3, 0.4) is 0 Å². The Bertz CT molecular complexity index is 428. The smallest absolute Gasteiger partial charge is 0.118 e. The van der Waals surface area contributed by atoms with Crippen LogP contribution in [0.2, 0.25) is 0 Å². The van der Waals surface area contributed by atoms with E-state index in [9.17, 15) is 0 Å². The van der Waals surface area contributed by atoms with Crippen LogP contribution < -0.4 is 5.73 Å². The summed E-state index contributed by atoms with van der Waals surface area (Å²) in [6.07, 6.45) is 3.88. The van der Waals surface area contributed by atoms with Gasteiger partial charge in [-0.15, -0.1) is 0 Å². The predicted octanol–water partition coefficient (Wildman–Crippen LogP) is 2.96. The number of nitrogens with two attached hydrogens (primary N) is 1. The van der Waals surface area contributed by atoms with E-state index < -0.39 is 0 Å². The first-order chi connectivity index (χ1) is 9.19. The minimum absolute atomic E-state index is 0.516. The number of piperidine rings is 1. The summed E-state index contributed by atoms with van der Waals surface area (Å²) in [4.78, 5) is 2.51. The molecule has 1 aromatic heterocycles. The molecule has 2 fully saturated rings. The zero-order valence-electron chi connectivity index (χ0n) is 12.1. The molecule has 4 atom stereocenters. The summed E-state index contributed by atoms with van der Waals surface area (Å²) in [6, 6.07) is 4.85. The minimum atomic E-state index is 0.516. The highest BCUT2D eigenvalue weighted by molar-refractivity contribution is 5.17. The highest BCUT2D eigenvalue weighted by Gasteiger charge is 2.37. The van der Waals surface area contributed by atoms with Crippen molar-refractivity contribution in [3.05, 3.63) is 23.7 Å². The second-order valence-electron chi connectivity index (χ2n) is 6.52. The van der Waals surface area contributed by atoms with Crippen molar-refractivity contribution in [2.24, 2.45) is 17.6 Å². The molecule has 2 N–H and O–H groups in total. The Kier molecular flexibility index (Phi) is 3.68. The SMILES string of the molecule is CC1CC1c1ccc(CN2CCCC(C)C2CN)o1. The standard InChI is InChI=1S/C16H26N2O/c1-11-4-3-7-18(15(11)9-17)10-13-5-6-16(19-13)14-8-12(14)2/h5-6,11-12,14-15H,3-4,7-10,17H2,1-2H3. The second kappa shape index (κ2) is 5.29. The van der Waals surface area contributed by atoms with Crippen molar-refractivity contribution < 1.29 is 4.42 Å². The highest BCUT2D eigenvalue weighted by atomic mass is 16.3. The monoisotopic (exact) mass is 262 g/mol. The Morgan fingerprint density at radius 1 is 1.32 bits per heavy atom. The van der Waals surface area contributed by atoms with Gasteiger partial charge in [0.15, 0.2) is 0 Å². The van der Waals surface area contributed by atoms with Gasteiger partial charge in [-0.2, -0.15) is 0 Å². The number of likely N-dealkylation sites (tertiary alicyclic amines) is 1. The molecule has 106 valence electrons. The molecule has 2 aliphatic rings. The molecule has 0 radical (unpaired) electrons. The zero-order chi connectivity index (χ0) is 13.4. The van der Waals surface area contributed by atoms with Crippen molar-refractivity contribution in [2.75, 3.05) is 13.1 Å². The third-order valence-corrected chi connectivity index (χ3v) is 4.99. The van der Waals surface area contributed by atoms with Crippen LogP contribution in [0.15, 0.2) is 16.5 Å². The summed E-state index contributed by atoms with van der Waals surface area (Å²) in [5, 5.41) is 0. The van der Waals surface area contributed by atoms with Gasteiger partial charge in [0.05, 0.1) is 6.54 Å². The topological polar surface area (TPSA) is 42.4 Å². The van der Waals surface area contributed by atoms with Crippen molar-refractivity contribution in [1.29, 1.82) is 0 Å². The van der Waals surface area contributed by atoms with Crippen LogP contribution in [0.5, 0.6) is 0 Å². The quantitative estimate of drug-likeness (QED) is 0.907. The molecule has 1 saturated carbocycles. The van der Waals surface area contributed by atoms with E-state index in [0.717, 1.165) is 31.3 Å². The van der Waals surface area contributed by atoms with Crippen molar-refractivity contribution in [3.8, 4) is 0 Å². The number of hydrogen-bond acceptors (Lipinski definition) is 3. The molecule has 1 aliphatic carbocycles. The van der Waals surface area contributed by atoms with Gasteiger partial charge in [0.2, 0.25) is 0 Å². The van der Waals surface area contributed by atoms with Gasteiger partial charge >= 0.3 is 0 Å².